The molecule has 8 nitrogen and oxygen atoms in total. The highest BCUT2D eigenvalue weighted by molar-refractivity contribution is 7.08. The zero-order chi connectivity index (χ0) is 20.3. The van der Waals surface area contributed by atoms with Crippen LogP contribution in [0.5, 0.6) is 0 Å². The van der Waals surface area contributed by atoms with E-state index in [1.807, 2.05) is 64.0 Å². The largest absolute Gasteiger partial charge is 0.345 e. The third kappa shape index (κ3) is 3.70. The van der Waals surface area contributed by atoms with Crippen LogP contribution in [0.25, 0.3) is 16.9 Å². The normalized spacial score (nSPS) is 11.1. The molecule has 0 aliphatic rings. The highest BCUT2D eigenvalue weighted by atomic mass is 32.1. The predicted molar refractivity (Wildman–Crippen MR) is 113 cm³/mol. The molecule has 1 amide bonds. The topological polar surface area (TPSA) is 90.0 Å². The minimum Gasteiger partial charge on any atom is -0.345 e. The summed E-state index contributed by atoms with van der Waals surface area (Å²) in [6.07, 6.45) is 5.41. The number of carbonyl (C=O) groups is 1. The summed E-state index contributed by atoms with van der Waals surface area (Å²) < 4.78 is 3.64. The van der Waals surface area contributed by atoms with Crippen molar-refractivity contribution in [3.63, 3.8) is 0 Å². The van der Waals surface area contributed by atoms with Gasteiger partial charge in [-0.25, -0.2) is 4.98 Å². The van der Waals surface area contributed by atoms with Gasteiger partial charge >= 0.3 is 0 Å². The summed E-state index contributed by atoms with van der Waals surface area (Å²) in [5, 5.41) is 19.9. The van der Waals surface area contributed by atoms with Gasteiger partial charge < -0.3 is 9.88 Å². The van der Waals surface area contributed by atoms with Crippen LogP contribution < -0.4 is 5.32 Å². The molecule has 1 aromatic carbocycles. The smallest absolute Gasteiger partial charge is 0.251 e. The molecule has 0 bridgehead atoms. The number of hydrogen-bond acceptors (Lipinski definition) is 6. The van der Waals surface area contributed by atoms with Gasteiger partial charge in [-0.05, 0) is 41.3 Å². The van der Waals surface area contributed by atoms with E-state index in [0.717, 1.165) is 16.8 Å². The van der Waals surface area contributed by atoms with Crippen molar-refractivity contribution in [2.45, 2.75) is 13.1 Å². The van der Waals surface area contributed by atoms with Crippen molar-refractivity contribution in [1.82, 2.24) is 34.7 Å². The molecule has 0 aliphatic carbocycles. The molecule has 0 radical (unpaired) electrons. The third-order valence-electron chi connectivity index (χ3n) is 4.69. The summed E-state index contributed by atoms with van der Waals surface area (Å²) in [6, 6.07) is 13.3. The van der Waals surface area contributed by atoms with Crippen LogP contribution >= 0.6 is 11.3 Å². The average Bonchev–Trinajstić information content (AvgIpc) is 3.54. The van der Waals surface area contributed by atoms with Crippen molar-refractivity contribution in [3.8, 4) is 11.3 Å². The van der Waals surface area contributed by atoms with Gasteiger partial charge in [-0.1, -0.05) is 12.1 Å². The molecule has 5 aromatic rings. The summed E-state index contributed by atoms with van der Waals surface area (Å²) in [6.45, 7) is 0.947. The van der Waals surface area contributed by atoms with Gasteiger partial charge in [-0.15, -0.1) is 10.2 Å². The molecule has 30 heavy (non-hydrogen) atoms. The van der Waals surface area contributed by atoms with E-state index in [2.05, 4.69) is 25.6 Å². The number of imidazole rings is 1. The Morgan fingerprint density at radius 1 is 1.07 bits per heavy atom. The maximum atomic E-state index is 12.6. The fourth-order valence-electron chi connectivity index (χ4n) is 3.12. The third-order valence-corrected chi connectivity index (χ3v) is 5.38. The molecule has 148 valence electrons. The van der Waals surface area contributed by atoms with E-state index in [9.17, 15) is 4.79 Å². The number of carbonyl (C=O) groups excluding carboxylic acids is 1. The minimum absolute atomic E-state index is 0.171. The maximum absolute atomic E-state index is 12.6. The van der Waals surface area contributed by atoms with Crippen molar-refractivity contribution in [1.29, 1.82) is 0 Å². The second kappa shape index (κ2) is 7.88. The minimum atomic E-state index is -0.171. The molecule has 4 aromatic heterocycles. The molecule has 0 fully saturated rings. The van der Waals surface area contributed by atoms with E-state index >= 15 is 0 Å². The number of rotatable bonds is 6. The quantitative estimate of drug-likeness (QED) is 0.460. The van der Waals surface area contributed by atoms with Gasteiger partial charge in [0.2, 0.25) is 0 Å². The van der Waals surface area contributed by atoms with Gasteiger partial charge in [0.15, 0.2) is 11.5 Å². The summed E-state index contributed by atoms with van der Waals surface area (Å²) in [4.78, 5) is 16.6. The van der Waals surface area contributed by atoms with Gasteiger partial charge in [0.05, 0.1) is 18.6 Å². The van der Waals surface area contributed by atoms with Gasteiger partial charge in [0.1, 0.15) is 0 Å². The number of hydrogen-bond donors (Lipinski definition) is 1. The van der Waals surface area contributed by atoms with Gasteiger partial charge in [-0.2, -0.15) is 21.0 Å². The first-order chi connectivity index (χ1) is 14.8. The molecule has 0 unspecified atom stereocenters. The second-order valence-corrected chi connectivity index (χ2v) is 7.51. The Balaban J connectivity index is 1.28. The van der Waals surface area contributed by atoms with Crippen LogP contribution in [0.1, 0.15) is 21.7 Å². The van der Waals surface area contributed by atoms with Crippen molar-refractivity contribution in [2.75, 3.05) is 0 Å². The predicted octanol–water partition coefficient (Wildman–Crippen LogP) is 3.03. The summed E-state index contributed by atoms with van der Waals surface area (Å²) in [5.74, 6) is 0.405. The Hall–Kier alpha value is -3.85. The van der Waals surface area contributed by atoms with E-state index in [-0.39, 0.29) is 12.5 Å². The Bertz CT molecular complexity index is 1280. The van der Waals surface area contributed by atoms with Crippen LogP contribution in [0.2, 0.25) is 0 Å². The Kier molecular flexibility index (Phi) is 4.78. The van der Waals surface area contributed by atoms with Crippen LogP contribution in [-0.2, 0) is 13.1 Å². The zero-order valence-electron chi connectivity index (χ0n) is 15.8. The standard InChI is InChI=1S/C21H17N7OS/c29-21(16-3-1-15(2-4-16)12-27-9-8-22-14-27)23-11-20-25-24-19-6-5-18(26-28(19)20)17-7-10-30-13-17/h1-10,13-14H,11-12H2,(H,23,29). The lowest BCUT2D eigenvalue weighted by Crippen LogP contribution is -2.24. The summed E-state index contributed by atoms with van der Waals surface area (Å²) in [7, 11) is 0. The van der Waals surface area contributed by atoms with Crippen molar-refractivity contribution in [2.24, 2.45) is 0 Å². The van der Waals surface area contributed by atoms with Crippen LogP contribution in [-0.4, -0.2) is 35.3 Å². The summed E-state index contributed by atoms with van der Waals surface area (Å²) in [5.41, 5.74) is 4.20. The Morgan fingerprint density at radius 3 is 2.73 bits per heavy atom. The summed E-state index contributed by atoms with van der Waals surface area (Å²) >= 11 is 1.62. The molecule has 9 heteroatoms. The number of nitrogens with one attached hydrogen (secondary N) is 1. The Labute approximate surface area is 175 Å². The van der Waals surface area contributed by atoms with Crippen molar-refractivity contribution >= 4 is 22.9 Å². The van der Waals surface area contributed by atoms with Crippen molar-refractivity contribution < 1.29 is 4.79 Å². The molecule has 5 rings (SSSR count). The number of amides is 1. The van der Waals surface area contributed by atoms with E-state index in [1.54, 1.807) is 28.4 Å². The van der Waals surface area contributed by atoms with Crippen LogP contribution in [0.15, 0.2) is 71.9 Å². The first-order valence-corrected chi connectivity index (χ1v) is 10.3. The lowest BCUT2D eigenvalue weighted by Gasteiger charge is -2.06. The molecule has 1 N–H and O–H groups in total. The zero-order valence-corrected chi connectivity index (χ0v) is 16.7. The van der Waals surface area contributed by atoms with Crippen LogP contribution in [0.3, 0.4) is 0 Å². The number of thiophene rings is 1. The number of fused-ring (bicyclic) bond motifs is 1. The molecule has 0 saturated carbocycles. The molecule has 0 saturated heterocycles. The lowest BCUT2D eigenvalue weighted by molar-refractivity contribution is 0.0949. The fourth-order valence-corrected chi connectivity index (χ4v) is 3.77. The number of aromatic nitrogens is 6. The highest BCUT2D eigenvalue weighted by Gasteiger charge is 2.11. The maximum Gasteiger partial charge on any atom is 0.251 e. The molecular formula is C21H17N7OS. The van der Waals surface area contributed by atoms with Crippen molar-refractivity contribution in [3.05, 3.63) is 88.9 Å². The monoisotopic (exact) mass is 415 g/mol. The van der Waals surface area contributed by atoms with E-state index < -0.39 is 0 Å². The van der Waals surface area contributed by atoms with E-state index in [1.165, 1.54) is 0 Å². The number of benzene rings is 1. The first kappa shape index (κ1) is 18.2. The lowest BCUT2D eigenvalue weighted by atomic mass is 10.1. The highest BCUT2D eigenvalue weighted by Crippen LogP contribution is 2.20. The van der Waals surface area contributed by atoms with E-state index in [4.69, 9.17) is 0 Å². The molecular weight excluding hydrogens is 398 g/mol. The second-order valence-electron chi connectivity index (χ2n) is 6.73. The Morgan fingerprint density at radius 2 is 1.97 bits per heavy atom. The molecule has 4 heterocycles. The van der Waals surface area contributed by atoms with Crippen LogP contribution in [0, 0.1) is 0 Å². The fraction of sp³-hybridized carbons (Fsp3) is 0.0952. The van der Waals surface area contributed by atoms with Gasteiger partial charge in [0.25, 0.3) is 5.91 Å². The SMILES string of the molecule is O=C(NCc1nnc2ccc(-c3ccsc3)nn12)c1ccc(Cn2ccnc2)cc1. The molecule has 0 spiro atoms. The van der Waals surface area contributed by atoms with Gasteiger partial charge in [0, 0.05) is 35.4 Å². The number of nitrogens with zero attached hydrogens (tertiary/aromatic N) is 6. The van der Waals surface area contributed by atoms with Gasteiger partial charge in [-0.3, -0.25) is 4.79 Å². The molecule has 0 aliphatic heterocycles. The van der Waals surface area contributed by atoms with Crippen LogP contribution in [0.4, 0.5) is 0 Å². The first-order valence-electron chi connectivity index (χ1n) is 9.33. The molecule has 0 atom stereocenters. The average molecular weight is 415 g/mol. The van der Waals surface area contributed by atoms with E-state index in [0.29, 0.717) is 23.6 Å².